The van der Waals surface area contributed by atoms with Crippen LogP contribution in [-0.2, 0) is 29.4 Å². The minimum absolute atomic E-state index is 0.196. The number of nitrogens with one attached hydrogen (secondary N) is 3. The van der Waals surface area contributed by atoms with Gasteiger partial charge in [0.15, 0.2) is 0 Å². The number of rotatable bonds is 5. The van der Waals surface area contributed by atoms with Crippen LogP contribution in [0.15, 0.2) is 36.4 Å². The topological polar surface area (TPSA) is 108 Å². The highest BCUT2D eigenvalue weighted by Crippen LogP contribution is 2.28. The van der Waals surface area contributed by atoms with Crippen molar-refractivity contribution in [3.8, 4) is 0 Å². The number of hydrogen-bond acceptors (Lipinski definition) is 4. The predicted molar refractivity (Wildman–Crippen MR) is 115 cm³/mol. The summed E-state index contributed by atoms with van der Waals surface area (Å²) < 4.78 is 12.9. The molecule has 0 bridgehead atoms. The molecule has 2 aromatic carbocycles. The number of benzene rings is 2. The number of imide groups is 1. The maximum absolute atomic E-state index is 12.9. The van der Waals surface area contributed by atoms with Gasteiger partial charge in [0, 0.05) is 41.3 Å². The molecule has 0 saturated carbocycles. The molecule has 2 heterocycles. The minimum Gasteiger partial charge on any atom is -0.334 e. The normalized spacial score (nSPS) is 17.8. The molecule has 166 valence electrons. The molecule has 0 radical (unpaired) electrons. The fraction of sp³-hybridized carbons (Fsp3) is 0.273. The largest absolute Gasteiger partial charge is 0.334 e. The fourth-order valence-electron chi connectivity index (χ4n) is 3.85. The molecule has 1 fully saturated rings. The van der Waals surface area contributed by atoms with E-state index in [2.05, 4.69) is 16.0 Å². The van der Waals surface area contributed by atoms with Crippen molar-refractivity contribution in [1.82, 2.24) is 15.5 Å². The zero-order valence-corrected chi connectivity index (χ0v) is 17.7. The summed E-state index contributed by atoms with van der Waals surface area (Å²) in [4.78, 5) is 49.9. The Balaban J connectivity index is 1.37. The third-order valence-electron chi connectivity index (χ3n) is 5.49. The first kappa shape index (κ1) is 21.8. The van der Waals surface area contributed by atoms with Crippen LogP contribution in [0.1, 0.15) is 39.9 Å². The second-order valence-corrected chi connectivity index (χ2v) is 8.05. The molecular weight excluding hydrogens is 439 g/mol. The van der Waals surface area contributed by atoms with E-state index in [4.69, 9.17) is 11.6 Å². The number of urea groups is 1. The first-order valence-corrected chi connectivity index (χ1v) is 10.4. The van der Waals surface area contributed by atoms with Crippen LogP contribution in [0.5, 0.6) is 0 Å². The van der Waals surface area contributed by atoms with Crippen molar-refractivity contribution in [3.63, 3.8) is 0 Å². The molecule has 32 heavy (non-hydrogen) atoms. The number of piperidine rings is 1. The van der Waals surface area contributed by atoms with Crippen LogP contribution in [0.25, 0.3) is 0 Å². The highest BCUT2D eigenvalue weighted by atomic mass is 35.5. The van der Waals surface area contributed by atoms with Gasteiger partial charge in [-0.2, -0.15) is 0 Å². The van der Waals surface area contributed by atoms with Gasteiger partial charge < -0.3 is 15.5 Å². The van der Waals surface area contributed by atoms with E-state index in [9.17, 15) is 23.6 Å². The summed E-state index contributed by atoms with van der Waals surface area (Å²) in [5, 5.41) is 7.90. The average molecular weight is 459 g/mol. The first-order chi connectivity index (χ1) is 15.4. The van der Waals surface area contributed by atoms with E-state index in [1.165, 1.54) is 17.0 Å². The Labute approximate surface area is 188 Å². The third-order valence-corrected chi connectivity index (χ3v) is 5.86. The van der Waals surface area contributed by atoms with Crippen LogP contribution in [0.4, 0.5) is 14.9 Å². The van der Waals surface area contributed by atoms with E-state index in [0.717, 1.165) is 11.1 Å². The lowest BCUT2D eigenvalue weighted by Crippen LogP contribution is -2.52. The zero-order chi connectivity index (χ0) is 22.8. The van der Waals surface area contributed by atoms with Crippen molar-refractivity contribution in [2.45, 2.75) is 38.6 Å². The monoisotopic (exact) mass is 458 g/mol. The first-order valence-electron chi connectivity index (χ1n) is 10.0. The Morgan fingerprint density at radius 2 is 2.00 bits per heavy atom. The molecule has 0 aromatic heterocycles. The van der Waals surface area contributed by atoms with E-state index in [1.54, 1.807) is 18.2 Å². The number of hydrogen-bond donors (Lipinski definition) is 3. The van der Waals surface area contributed by atoms with E-state index in [-0.39, 0.29) is 41.9 Å². The van der Waals surface area contributed by atoms with Gasteiger partial charge in [0.1, 0.15) is 12.7 Å². The molecule has 8 nitrogen and oxygen atoms in total. The van der Waals surface area contributed by atoms with Crippen LogP contribution in [0.2, 0.25) is 5.02 Å². The van der Waals surface area contributed by atoms with Gasteiger partial charge in [-0.25, -0.2) is 9.18 Å². The number of carbonyl (C=O) groups is 4. The minimum atomic E-state index is -0.736. The average Bonchev–Trinajstić information content (AvgIpc) is 3.09. The van der Waals surface area contributed by atoms with E-state index in [0.29, 0.717) is 17.7 Å². The standard InChI is InChI=1S/C22H20ClFN4O4/c23-17-4-2-15(8-13(17)9-24)26-22(32)25-10-12-1-3-16-14(7-12)11-28(21(16)31)18-5-6-19(29)27-20(18)30/h1-4,7-8,18H,5-6,9-11H2,(H2,25,26,32)(H,27,29,30). The zero-order valence-electron chi connectivity index (χ0n) is 16.9. The quantitative estimate of drug-likeness (QED) is 0.599. The number of carbonyl (C=O) groups excluding carboxylic acids is 4. The maximum Gasteiger partial charge on any atom is 0.319 e. The summed E-state index contributed by atoms with van der Waals surface area (Å²) >= 11 is 5.87. The Morgan fingerprint density at radius 1 is 1.19 bits per heavy atom. The molecule has 2 aliphatic rings. The van der Waals surface area contributed by atoms with Crippen molar-refractivity contribution >= 4 is 41.0 Å². The van der Waals surface area contributed by atoms with Gasteiger partial charge in [0.25, 0.3) is 5.91 Å². The Morgan fingerprint density at radius 3 is 2.75 bits per heavy atom. The summed E-state index contributed by atoms with van der Waals surface area (Å²) in [5.74, 6) is -1.04. The van der Waals surface area contributed by atoms with Crippen molar-refractivity contribution in [1.29, 1.82) is 0 Å². The number of fused-ring (bicyclic) bond motifs is 1. The molecular formula is C22H20ClFN4O4. The van der Waals surface area contributed by atoms with Crippen molar-refractivity contribution in [2.24, 2.45) is 0 Å². The van der Waals surface area contributed by atoms with Gasteiger partial charge >= 0.3 is 6.03 Å². The van der Waals surface area contributed by atoms with Crippen molar-refractivity contribution < 1.29 is 23.6 Å². The smallest absolute Gasteiger partial charge is 0.319 e. The van der Waals surface area contributed by atoms with Crippen LogP contribution in [0.3, 0.4) is 0 Å². The molecule has 1 atom stereocenters. The molecule has 1 unspecified atom stereocenters. The number of halogens is 2. The van der Waals surface area contributed by atoms with Gasteiger partial charge in [-0.05, 0) is 41.8 Å². The molecule has 0 aliphatic carbocycles. The Bertz CT molecular complexity index is 1120. The second-order valence-electron chi connectivity index (χ2n) is 7.64. The van der Waals surface area contributed by atoms with Gasteiger partial charge in [-0.1, -0.05) is 23.7 Å². The summed E-state index contributed by atoms with van der Waals surface area (Å²) in [5.41, 5.74) is 2.73. The molecule has 2 aliphatic heterocycles. The van der Waals surface area contributed by atoms with Gasteiger partial charge in [0.2, 0.25) is 11.8 Å². The SMILES string of the molecule is O=C1CCC(N2Cc3cc(CNC(=O)Nc4ccc(Cl)c(CF)c4)ccc3C2=O)C(=O)N1. The van der Waals surface area contributed by atoms with Gasteiger partial charge in [0.05, 0.1) is 0 Å². The number of amides is 5. The van der Waals surface area contributed by atoms with E-state index < -0.39 is 24.7 Å². The lowest BCUT2D eigenvalue weighted by molar-refractivity contribution is -0.136. The molecule has 1 saturated heterocycles. The summed E-state index contributed by atoms with van der Waals surface area (Å²) in [6.45, 7) is -0.272. The number of nitrogens with zero attached hydrogens (tertiary/aromatic N) is 1. The molecule has 2 aromatic rings. The third kappa shape index (κ3) is 4.43. The number of alkyl halides is 1. The summed E-state index contributed by atoms with van der Waals surface area (Å²) in [7, 11) is 0. The van der Waals surface area contributed by atoms with Gasteiger partial charge in [-0.3, -0.25) is 19.7 Å². The van der Waals surface area contributed by atoms with E-state index in [1.807, 2.05) is 6.07 Å². The van der Waals surface area contributed by atoms with E-state index >= 15 is 0 Å². The van der Waals surface area contributed by atoms with Crippen LogP contribution >= 0.6 is 11.6 Å². The molecule has 3 N–H and O–H groups in total. The Hall–Kier alpha value is -3.46. The van der Waals surface area contributed by atoms with Crippen molar-refractivity contribution in [3.05, 3.63) is 63.7 Å². The Kier molecular flexibility index (Phi) is 6.09. The molecule has 5 amide bonds. The lowest BCUT2D eigenvalue weighted by Gasteiger charge is -2.29. The predicted octanol–water partition coefficient (Wildman–Crippen LogP) is 2.89. The summed E-state index contributed by atoms with van der Waals surface area (Å²) in [6, 6.07) is 8.62. The highest BCUT2D eigenvalue weighted by Gasteiger charge is 2.39. The molecule has 0 spiro atoms. The second kappa shape index (κ2) is 8.96. The van der Waals surface area contributed by atoms with Crippen LogP contribution < -0.4 is 16.0 Å². The van der Waals surface area contributed by atoms with Crippen LogP contribution in [0, 0.1) is 0 Å². The van der Waals surface area contributed by atoms with Crippen LogP contribution in [-0.4, -0.2) is 34.7 Å². The number of anilines is 1. The molecule has 10 heteroatoms. The summed E-state index contributed by atoms with van der Waals surface area (Å²) in [6.07, 6.45) is 0.495. The lowest BCUT2D eigenvalue weighted by atomic mass is 10.0. The van der Waals surface area contributed by atoms with Gasteiger partial charge in [-0.15, -0.1) is 0 Å². The fourth-order valence-corrected chi connectivity index (χ4v) is 4.02. The molecule has 4 rings (SSSR count). The highest BCUT2D eigenvalue weighted by molar-refractivity contribution is 6.31. The maximum atomic E-state index is 12.9. The van der Waals surface area contributed by atoms with Crippen molar-refractivity contribution in [2.75, 3.05) is 5.32 Å².